The Morgan fingerprint density at radius 1 is 1.08 bits per heavy atom. The molecule has 2 rings (SSSR count). The summed E-state index contributed by atoms with van der Waals surface area (Å²) in [6.45, 7) is 8.08. The molecule has 126 valence electrons. The molecule has 2 heteroatoms. The van der Waals surface area contributed by atoms with E-state index in [0.29, 0.717) is 28.7 Å². The molecule has 1 aromatic carbocycles. The first-order valence-electron chi connectivity index (χ1n) is 8.67. The van der Waals surface area contributed by atoms with Crippen molar-refractivity contribution in [1.82, 2.24) is 0 Å². The van der Waals surface area contributed by atoms with Gasteiger partial charge in [-0.1, -0.05) is 54.5 Å². The fraction of sp³-hybridized carbons (Fsp3) is 0.364. The first kappa shape index (κ1) is 18.1. The fourth-order valence-electron chi connectivity index (χ4n) is 2.97. The van der Waals surface area contributed by atoms with Crippen molar-refractivity contribution in [3.05, 3.63) is 69.8 Å². The zero-order valence-corrected chi connectivity index (χ0v) is 15.1. The van der Waals surface area contributed by atoms with Gasteiger partial charge in [0.25, 0.3) is 0 Å². The van der Waals surface area contributed by atoms with Gasteiger partial charge < -0.3 is 0 Å². The monoisotopic (exact) mass is 322 g/mol. The van der Waals surface area contributed by atoms with Crippen LogP contribution in [0.4, 0.5) is 0 Å². The van der Waals surface area contributed by atoms with E-state index in [9.17, 15) is 9.59 Å². The molecular formula is C22H26O2. The maximum atomic E-state index is 12.8. The minimum absolute atomic E-state index is 0.00216. The molecule has 1 aliphatic rings. The average Bonchev–Trinajstić information content (AvgIpc) is 2.61. The van der Waals surface area contributed by atoms with Gasteiger partial charge in [0.1, 0.15) is 0 Å². The summed E-state index contributed by atoms with van der Waals surface area (Å²) in [4.78, 5) is 25.3. The molecule has 0 heterocycles. The highest BCUT2D eigenvalue weighted by atomic mass is 16.1. The van der Waals surface area contributed by atoms with Gasteiger partial charge in [0, 0.05) is 22.3 Å². The van der Waals surface area contributed by atoms with Crippen molar-refractivity contribution >= 4 is 11.6 Å². The number of hydrogen-bond acceptors (Lipinski definition) is 2. The molecule has 0 aromatic heterocycles. The number of hydrogen-bond donors (Lipinski definition) is 0. The molecule has 0 fully saturated rings. The van der Waals surface area contributed by atoms with Crippen molar-refractivity contribution in [2.45, 2.75) is 53.4 Å². The Morgan fingerprint density at radius 2 is 1.71 bits per heavy atom. The van der Waals surface area contributed by atoms with Crippen LogP contribution in [0.5, 0.6) is 0 Å². The van der Waals surface area contributed by atoms with Crippen LogP contribution in [-0.2, 0) is 0 Å². The standard InChI is InChI=1S/C22H26O2/c1-5-15(3)10-9-11-17(6-2)14-20-16(4)21(23)18-12-7-8-13-19(18)22(20)24/h6-8,10,12-13H,5,9,11,14H2,1-4H3/b15-10+,17-6-. The maximum Gasteiger partial charge on any atom is 0.190 e. The highest BCUT2D eigenvalue weighted by Crippen LogP contribution is 2.30. The quantitative estimate of drug-likeness (QED) is 0.615. The van der Waals surface area contributed by atoms with E-state index >= 15 is 0 Å². The largest absolute Gasteiger partial charge is 0.289 e. The summed E-state index contributed by atoms with van der Waals surface area (Å²) in [7, 11) is 0. The van der Waals surface area contributed by atoms with Crippen LogP contribution in [0.1, 0.15) is 74.1 Å². The number of fused-ring (bicyclic) bond motifs is 1. The van der Waals surface area contributed by atoms with Crippen LogP contribution in [-0.4, -0.2) is 11.6 Å². The highest BCUT2D eigenvalue weighted by molar-refractivity contribution is 6.26. The third-order valence-corrected chi connectivity index (χ3v) is 4.81. The van der Waals surface area contributed by atoms with Gasteiger partial charge in [-0.3, -0.25) is 9.59 Å². The minimum Gasteiger partial charge on any atom is -0.289 e. The SMILES string of the molecule is C/C=C(/CC/C=C(\C)CC)CC1=C(C)C(=O)c2ccccc2C1=O. The van der Waals surface area contributed by atoms with Crippen LogP contribution < -0.4 is 0 Å². The Labute approximate surface area is 145 Å². The topological polar surface area (TPSA) is 34.1 Å². The summed E-state index contributed by atoms with van der Waals surface area (Å²) in [6, 6.07) is 7.12. The van der Waals surface area contributed by atoms with Crippen LogP contribution >= 0.6 is 0 Å². The third-order valence-electron chi connectivity index (χ3n) is 4.81. The van der Waals surface area contributed by atoms with Crippen molar-refractivity contribution < 1.29 is 9.59 Å². The number of rotatable bonds is 6. The summed E-state index contributed by atoms with van der Waals surface area (Å²) in [5.74, 6) is -0.0142. The summed E-state index contributed by atoms with van der Waals surface area (Å²) in [5, 5.41) is 0. The molecular weight excluding hydrogens is 296 g/mol. The number of benzene rings is 1. The third kappa shape index (κ3) is 3.81. The first-order valence-corrected chi connectivity index (χ1v) is 8.67. The van der Waals surface area contributed by atoms with Crippen LogP contribution in [0.3, 0.4) is 0 Å². The predicted molar refractivity (Wildman–Crippen MR) is 99.5 cm³/mol. The molecule has 0 atom stereocenters. The lowest BCUT2D eigenvalue weighted by Gasteiger charge is -2.20. The molecule has 0 saturated heterocycles. The van der Waals surface area contributed by atoms with Gasteiger partial charge in [-0.2, -0.15) is 0 Å². The number of carbonyl (C=O) groups excluding carboxylic acids is 2. The molecule has 0 amide bonds. The Hall–Kier alpha value is -2.22. The molecule has 0 unspecified atom stereocenters. The lowest BCUT2D eigenvalue weighted by Crippen LogP contribution is -2.21. The molecule has 1 aromatic rings. The Morgan fingerprint density at radius 3 is 2.29 bits per heavy atom. The molecule has 0 spiro atoms. The molecule has 2 nitrogen and oxygen atoms in total. The van der Waals surface area contributed by atoms with Crippen LogP contribution in [0.15, 0.2) is 58.7 Å². The normalized spacial score (nSPS) is 15.8. The second-order valence-corrected chi connectivity index (χ2v) is 6.37. The molecule has 0 bridgehead atoms. The molecule has 24 heavy (non-hydrogen) atoms. The van der Waals surface area contributed by atoms with Crippen molar-refractivity contribution in [1.29, 1.82) is 0 Å². The van der Waals surface area contributed by atoms with Crippen LogP contribution in [0.2, 0.25) is 0 Å². The van der Waals surface area contributed by atoms with Gasteiger partial charge in [0.05, 0.1) is 0 Å². The lowest BCUT2D eigenvalue weighted by molar-refractivity contribution is 0.0973. The van der Waals surface area contributed by atoms with Crippen molar-refractivity contribution in [3.63, 3.8) is 0 Å². The lowest BCUT2D eigenvalue weighted by atomic mass is 9.81. The van der Waals surface area contributed by atoms with E-state index in [4.69, 9.17) is 0 Å². The van der Waals surface area contributed by atoms with Crippen LogP contribution in [0.25, 0.3) is 0 Å². The van der Waals surface area contributed by atoms with E-state index in [1.54, 1.807) is 19.1 Å². The van der Waals surface area contributed by atoms with E-state index in [0.717, 1.165) is 19.3 Å². The van der Waals surface area contributed by atoms with Gasteiger partial charge in [-0.15, -0.1) is 0 Å². The number of allylic oxidation sites excluding steroid dienone is 6. The van der Waals surface area contributed by atoms with E-state index in [1.807, 2.05) is 19.1 Å². The Balaban J connectivity index is 2.20. The number of Topliss-reactive ketones (excluding diaryl/α,β-unsaturated/α-hetero) is 2. The fourth-order valence-corrected chi connectivity index (χ4v) is 2.97. The molecule has 1 aliphatic carbocycles. The first-order chi connectivity index (χ1) is 11.5. The molecule has 0 saturated carbocycles. The number of carbonyl (C=O) groups is 2. The zero-order valence-electron chi connectivity index (χ0n) is 15.1. The van der Waals surface area contributed by atoms with Crippen molar-refractivity contribution in [2.24, 2.45) is 0 Å². The average molecular weight is 322 g/mol. The van der Waals surface area contributed by atoms with Crippen molar-refractivity contribution in [2.75, 3.05) is 0 Å². The minimum atomic E-state index is -0.0163. The summed E-state index contributed by atoms with van der Waals surface area (Å²) >= 11 is 0. The Bertz CT molecular complexity index is 745. The second-order valence-electron chi connectivity index (χ2n) is 6.37. The van der Waals surface area contributed by atoms with E-state index in [2.05, 4.69) is 26.0 Å². The van der Waals surface area contributed by atoms with E-state index < -0.39 is 0 Å². The maximum absolute atomic E-state index is 12.8. The van der Waals surface area contributed by atoms with Gasteiger partial charge in [0.2, 0.25) is 0 Å². The van der Waals surface area contributed by atoms with Gasteiger partial charge in [0.15, 0.2) is 11.6 Å². The summed E-state index contributed by atoms with van der Waals surface area (Å²) in [5.41, 5.74) is 4.93. The number of ketones is 2. The zero-order chi connectivity index (χ0) is 17.7. The van der Waals surface area contributed by atoms with Crippen molar-refractivity contribution in [3.8, 4) is 0 Å². The van der Waals surface area contributed by atoms with E-state index in [1.165, 1.54) is 11.1 Å². The van der Waals surface area contributed by atoms with Crippen LogP contribution in [0, 0.1) is 0 Å². The van der Waals surface area contributed by atoms with E-state index in [-0.39, 0.29) is 11.6 Å². The smallest absolute Gasteiger partial charge is 0.190 e. The second kappa shape index (κ2) is 8.05. The molecule has 0 radical (unpaired) electrons. The molecule has 0 N–H and O–H groups in total. The van der Waals surface area contributed by atoms with Gasteiger partial charge in [-0.05, 0) is 46.5 Å². The molecule has 0 aliphatic heterocycles. The Kier molecular flexibility index (Phi) is 6.08. The highest BCUT2D eigenvalue weighted by Gasteiger charge is 2.29. The summed E-state index contributed by atoms with van der Waals surface area (Å²) < 4.78 is 0. The van der Waals surface area contributed by atoms with Gasteiger partial charge in [-0.25, -0.2) is 0 Å². The predicted octanol–water partition coefficient (Wildman–Crippen LogP) is 5.86. The van der Waals surface area contributed by atoms with Gasteiger partial charge >= 0.3 is 0 Å². The summed E-state index contributed by atoms with van der Waals surface area (Å²) in [6.07, 6.45) is 7.87.